The monoisotopic (exact) mass is 542 g/mol. The number of thiazole rings is 1. The number of nitrogens with zero attached hydrogens (tertiary/aromatic N) is 2. The van der Waals surface area contributed by atoms with Gasteiger partial charge in [0.15, 0.2) is 5.13 Å². The number of aliphatic hydroxyl groups is 1. The third-order valence-electron chi connectivity index (χ3n) is 7.25. The number of rotatable bonds is 3. The van der Waals surface area contributed by atoms with Gasteiger partial charge in [0.05, 0.1) is 21.8 Å². The van der Waals surface area contributed by atoms with Crippen molar-refractivity contribution in [2.24, 2.45) is 0 Å². The molecular formula is C31H27FN2O4S. The molecule has 3 heterocycles. The minimum absolute atomic E-state index is 0.0131. The Hall–Kier alpha value is -4.04. The van der Waals surface area contributed by atoms with Crippen LogP contribution in [0.25, 0.3) is 16.0 Å². The summed E-state index contributed by atoms with van der Waals surface area (Å²) >= 11 is 1.13. The Labute approximate surface area is 229 Å². The molecule has 1 N–H and O–H groups in total. The number of halogens is 1. The third-order valence-corrected chi connectivity index (χ3v) is 8.27. The second kappa shape index (κ2) is 9.02. The number of hydrogen-bond acceptors (Lipinski definition) is 6. The summed E-state index contributed by atoms with van der Waals surface area (Å²) in [5.74, 6) is -1.51. The molecule has 1 fully saturated rings. The van der Waals surface area contributed by atoms with Crippen molar-refractivity contribution >= 4 is 44.1 Å². The highest BCUT2D eigenvalue weighted by Crippen LogP contribution is 2.45. The first-order valence-electron chi connectivity index (χ1n) is 12.8. The molecule has 2 aliphatic heterocycles. The van der Waals surface area contributed by atoms with Gasteiger partial charge in [0, 0.05) is 12.0 Å². The smallest absolute Gasteiger partial charge is 0.301 e. The van der Waals surface area contributed by atoms with Crippen LogP contribution < -0.4 is 9.64 Å². The van der Waals surface area contributed by atoms with Crippen LogP contribution in [-0.2, 0) is 21.4 Å². The van der Waals surface area contributed by atoms with Gasteiger partial charge in [0.2, 0.25) is 0 Å². The largest absolute Gasteiger partial charge is 0.507 e. The van der Waals surface area contributed by atoms with Crippen molar-refractivity contribution in [1.29, 1.82) is 0 Å². The van der Waals surface area contributed by atoms with Crippen molar-refractivity contribution in [3.8, 4) is 5.75 Å². The maximum Gasteiger partial charge on any atom is 0.301 e. The number of benzene rings is 3. The average molecular weight is 543 g/mol. The van der Waals surface area contributed by atoms with Gasteiger partial charge >= 0.3 is 5.91 Å². The summed E-state index contributed by atoms with van der Waals surface area (Å²) < 4.78 is 20.2. The van der Waals surface area contributed by atoms with Crippen LogP contribution in [0.1, 0.15) is 56.0 Å². The normalized spacial score (nSPS) is 20.5. The number of carbonyl (C=O) groups is 2. The van der Waals surface area contributed by atoms with Gasteiger partial charge in [0.1, 0.15) is 23.4 Å². The zero-order valence-corrected chi connectivity index (χ0v) is 22.8. The van der Waals surface area contributed by atoms with Crippen LogP contribution in [0.15, 0.2) is 66.2 Å². The Bertz CT molecular complexity index is 1680. The molecule has 1 saturated heterocycles. The molecule has 1 amide bonds. The van der Waals surface area contributed by atoms with E-state index in [0.29, 0.717) is 27.8 Å². The Balaban J connectivity index is 1.53. The van der Waals surface area contributed by atoms with Crippen LogP contribution in [0.3, 0.4) is 0 Å². The number of anilines is 1. The minimum Gasteiger partial charge on any atom is -0.507 e. The molecule has 0 saturated carbocycles. The van der Waals surface area contributed by atoms with E-state index in [1.165, 1.54) is 17.0 Å². The molecule has 2 aliphatic rings. The predicted molar refractivity (Wildman–Crippen MR) is 150 cm³/mol. The van der Waals surface area contributed by atoms with Crippen LogP contribution in [0, 0.1) is 5.82 Å². The summed E-state index contributed by atoms with van der Waals surface area (Å²) in [6.07, 6.45) is 0.707. The zero-order chi connectivity index (χ0) is 27.6. The van der Waals surface area contributed by atoms with E-state index in [1.54, 1.807) is 18.2 Å². The summed E-state index contributed by atoms with van der Waals surface area (Å²) in [5, 5.41) is 11.8. The SMILES string of the molecule is C[C@@H]1Cc2cc(C(O)=C3C(=O)C(=O)N(c4nc5ccc(F)cc5s4)[C@@H]3c3ccc(C(C)(C)C)cc3)ccc2O1. The molecule has 0 unspecified atom stereocenters. The fourth-order valence-corrected chi connectivity index (χ4v) is 6.24. The molecule has 0 aliphatic carbocycles. The summed E-state index contributed by atoms with van der Waals surface area (Å²) in [4.78, 5) is 33.0. The lowest BCUT2D eigenvalue weighted by molar-refractivity contribution is -0.132. The number of amides is 1. The molecule has 0 radical (unpaired) electrons. The Morgan fingerprint density at radius 2 is 1.82 bits per heavy atom. The van der Waals surface area contributed by atoms with Gasteiger partial charge in [-0.2, -0.15) is 0 Å². The first-order chi connectivity index (χ1) is 18.5. The first kappa shape index (κ1) is 25.2. The van der Waals surface area contributed by atoms with Crippen LogP contribution in [-0.4, -0.2) is 27.9 Å². The summed E-state index contributed by atoms with van der Waals surface area (Å²) in [6, 6.07) is 16.3. The second-order valence-electron chi connectivity index (χ2n) is 11.1. The molecule has 6 nitrogen and oxygen atoms in total. The molecule has 0 bridgehead atoms. The van der Waals surface area contributed by atoms with Crippen molar-refractivity contribution in [2.45, 2.75) is 51.7 Å². The lowest BCUT2D eigenvalue weighted by Gasteiger charge is -2.24. The van der Waals surface area contributed by atoms with E-state index in [4.69, 9.17) is 4.74 Å². The number of fused-ring (bicyclic) bond motifs is 2. The summed E-state index contributed by atoms with van der Waals surface area (Å²) in [6.45, 7) is 8.28. The van der Waals surface area contributed by atoms with Crippen molar-refractivity contribution in [2.75, 3.05) is 4.90 Å². The third kappa shape index (κ3) is 4.29. The quantitative estimate of drug-likeness (QED) is 0.177. The van der Waals surface area contributed by atoms with Gasteiger partial charge in [-0.05, 0) is 65.4 Å². The predicted octanol–water partition coefficient (Wildman–Crippen LogP) is 6.68. The fraction of sp³-hybridized carbons (Fsp3) is 0.258. The van der Waals surface area contributed by atoms with Crippen LogP contribution in [0.4, 0.5) is 9.52 Å². The maximum atomic E-state index is 13.9. The number of hydrogen-bond donors (Lipinski definition) is 1. The number of Topliss-reactive ketones (excluding diaryl/α,β-unsaturated/α-hetero) is 1. The minimum atomic E-state index is -0.909. The first-order valence-corrected chi connectivity index (χ1v) is 13.6. The highest BCUT2D eigenvalue weighted by molar-refractivity contribution is 7.22. The van der Waals surface area contributed by atoms with Gasteiger partial charge < -0.3 is 9.84 Å². The van der Waals surface area contributed by atoms with Gasteiger partial charge in [-0.25, -0.2) is 9.37 Å². The highest BCUT2D eigenvalue weighted by Gasteiger charge is 2.48. The Morgan fingerprint density at radius 3 is 2.54 bits per heavy atom. The number of ketones is 1. The van der Waals surface area contributed by atoms with E-state index in [2.05, 4.69) is 25.8 Å². The average Bonchev–Trinajstić information content (AvgIpc) is 3.55. The molecule has 198 valence electrons. The topological polar surface area (TPSA) is 79.7 Å². The summed E-state index contributed by atoms with van der Waals surface area (Å²) in [7, 11) is 0. The number of ether oxygens (including phenoxy) is 1. The fourth-order valence-electron chi connectivity index (χ4n) is 5.22. The molecule has 6 rings (SSSR count). The molecule has 4 aromatic rings. The highest BCUT2D eigenvalue weighted by atomic mass is 32.1. The number of aliphatic hydroxyl groups excluding tert-OH is 1. The van der Waals surface area contributed by atoms with E-state index in [0.717, 1.165) is 28.2 Å². The molecule has 3 aromatic carbocycles. The van der Waals surface area contributed by atoms with Gasteiger partial charge in [-0.1, -0.05) is 56.4 Å². The standard InChI is InChI=1S/C31H27FN2O4S/c1-16-13-19-14-18(7-12-23(19)38-16)27(35)25-26(17-5-8-20(9-6-17)31(2,3)4)34(29(37)28(25)36)30-33-22-11-10-21(32)15-24(22)39-30/h5-12,14-16,26,35H,13H2,1-4H3/t16-,26-/m1/s1. The van der Waals surface area contributed by atoms with Crippen LogP contribution in [0.2, 0.25) is 0 Å². The maximum absolute atomic E-state index is 13.9. The van der Waals surface area contributed by atoms with Crippen molar-refractivity contribution in [1.82, 2.24) is 4.98 Å². The lowest BCUT2D eigenvalue weighted by Crippen LogP contribution is -2.29. The van der Waals surface area contributed by atoms with Gasteiger partial charge in [-0.3, -0.25) is 14.5 Å². The molecule has 0 spiro atoms. The van der Waals surface area contributed by atoms with Crippen molar-refractivity contribution in [3.05, 3.63) is 94.3 Å². The van der Waals surface area contributed by atoms with Crippen molar-refractivity contribution < 1.29 is 23.8 Å². The van der Waals surface area contributed by atoms with Crippen molar-refractivity contribution in [3.63, 3.8) is 0 Å². The second-order valence-corrected chi connectivity index (χ2v) is 12.1. The van der Waals surface area contributed by atoms with Crippen LogP contribution >= 0.6 is 11.3 Å². The molecular weight excluding hydrogens is 515 g/mol. The number of carbonyl (C=O) groups excluding carboxylic acids is 2. The van der Waals surface area contributed by atoms with E-state index in [9.17, 15) is 19.1 Å². The Kier molecular flexibility index (Phi) is 5.84. The Morgan fingerprint density at radius 1 is 1.08 bits per heavy atom. The zero-order valence-electron chi connectivity index (χ0n) is 22.0. The van der Waals surface area contributed by atoms with Gasteiger partial charge in [0.25, 0.3) is 5.78 Å². The van der Waals surface area contributed by atoms with E-state index in [-0.39, 0.29) is 28.0 Å². The van der Waals surface area contributed by atoms with Gasteiger partial charge in [-0.15, -0.1) is 0 Å². The van der Waals surface area contributed by atoms with E-state index >= 15 is 0 Å². The van der Waals surface area contributed by atoms with Crippen LogP contribution in [0.5, 0.6) is 5.75 Å². The van der Waals surface area contributed by atoms with E-state index in [1.807, 2.05) is 37.3 Å². The summed E-state index contributed by atoms with van der Waals surface area (Å²) in [5.41, 5.74) is 3.53. The molecule has 2 atom stereocenters. The van der Waals surface area contributed by atoms with E-state index < -0.39 is 23.5 Å². The molecule has 1 aromatic heterocycles. The molecule has 39 heavy (non-hydrogen) atoms. The molecule has 8 heteroatoms. The number of aromatic nitrogens is 1. The lowest BCUT2D eigenvalue weighted by atomic mass is 9.85.